The lowest BCUT2D eigenvalue weighted by Crippen LogP contribution is -2.36. The number of nitrogens with one attached hydrogen (secondary N) is 1. The first kappa shape index (κ1) is 24.9. The van der Waals surface area contributed by atoms with E-state index in [1.54, 1.807) is 5.57 Å². The van der Waals surface area contributed by atoms with Gasteiger partial charge in [0.05, 0.1) is 18.5 Å². The lowest BCUT2D eigenvalue weighted by atomic mass is 9.60. The monoisotopic (exact) mass is 453 g/mol. The van der Waals surface area contributed by atoms with Crippen molar-refractivity contribution in [3.05, 3.63) is 23.3 Å². The molecule has 0 aromatic carbocycles. The molecule has 3 aliphatic rings. The molecule has 6 heteroatoms. The third-order valence-electron chi connectivity index (χ3n) is 8.25. The van der Waals surface area contributed by atoms with Gasteiger partial charge in [0, 0.05) is 6.54 Å². The van der Waals surface area contributed by atoms with E-state index in [0.29, 0.717) is 43.1 Å². The minimum atomic E-state index is -3.08. The van der Waals surface area contributed by atoms with Crippen LogP contribution in [0.2, 0.25) is 0 Å². The van der Waals surface area contributed by atoms with Crippen LogP contribution < -0.4 is 4.72 Å². The van der Waals surface area contributed by atoms with Gasteiger partial charge in [-0.15, -0.1) is 0 Å². The molecule has 0 saturated heterocycles. The third kappa shape index (κ3) is 6.66. The van der Waals surface area contributed by atoms with Crippen LogP contribution in [0, 0.1) is 23.2 Å². The fraction of sp³-hybridized carbons (Fsp3) is 0.840. The Labute approximate surface area is 189 Å². The molecule has 3 aliphatic carbocycles. The molecule has 3 saturated carbocycles. The predicted molar refractivity (Wildman–Crippen MR) is 126 cm³/mol. The Balaban J connectivity index is 1.58. The van der Waals surface area contributed by atoms with E-state index >= 15 is 0 Å². The number of rotatable bonds is 8. The molecule has 3 rings (SSSR count). The van der Waals surface area contributed by atoms with Gasteiger partial charge in [0.25, 0.3) is 0 Å². The van der Waals surface area contributed by atoms with Crippen LogP contribution in [0.1, 0.15) is 84.5 Å². The Morgan fingerprint density at radius 1 is 1.16 bits per heavy atom. The average molecular weight is 454 g/mol. The molecule has 31 heavy (non-hydrogen) atoms. The Kier molecular flexibility index (Phi) is 8.44. The standard InChI is InChI=1S/C25H43NO4S/c1-18(7-4-5-14-26-31(3,29)30)23-11-12-24-20(8-6-13-25(23,24)2)10-9-19-15-21(27)17-22(28)16-19/h9-10,18,21-24,26-28H,4-8,11-17H2,1-3H3/b20-10+/t18-,21-,22-,23-,24+,25-/m1/s1. The maximum atomic E-state index is 11.2. The van der Waals surface area contributed by atoms with Gasteiger partial charge in [0.15, 0.2) is 0 Å². The Morgan fingerprint density at radius 3 is 2.55 bits per heavy atom. The molecule has 178 valence electrons. The van der Waals surface area contributed by atoms with Crippen molar-refractivity contribution < 1.29 is 18.6 Å². The van der Waals surface area contributed by atoms with E-state index in [1.807, 2.05) is 0 Å². The number of aliphatic hydroxyl groups is 2. The SMILES string of the molecule is C[C@H](CCCCNS(C)(=O)=O)[C@H]1CC[C@H]2/C(=C/C=C3C[C@@H](O)C[C@H](O)C3)CCC[C@]12C. The molecule has 6 atom stereocenters. The summed E-state index contributed by atoms with van der Waals surface area (Å²) in [7, 11) is -3.08. The van der Waals surface area contributed by atoms with Crippen LogP contribution in [0.15, 0.2) is 23.3 Å². The fourth-order valence-electron chi connectivity index (χ4n) is 6.79. The highest BCUT2D eigenvalue weighted by molar-refractivity contribution is 7.88. The van der Waals surface area contributed by atoms with Crippen molar-refractivity contribution in [1.29, 1.82) is 0 Å². The normalized spacial score (nSPS) is 36.4. The molecular formula is C25H43NO4S. The molecule has 3 N–H and O–H groups in total. The van der Waals surface area contributed by atoms with Crippen molar-refractivity contribution in [2.75, 3.05) is 12.8 Å². The molecule has 0 spiro atoms. The topological polar surface area (TPSA) is 86.6 Å². The number of unbranched alkanes of at least 4 members (excludes halogenated alkanes) is 1. The third-order valence-corrected chi connectivity index (χ3v) is 8.98. The van der Waals surface area contributed by atoms with Gasteiger partial charge in [-0.25, -0.2) is 13.1 Å². The molecule has 0 heterocycles. The summed E-state index contributed by atoms with van der Waals surface area (Å²) in [6, 6.07) is 0. The van der Waals surface area contributed by atoms with Gasteiger partial charge in [-0.2, -0.15) is 0 Å². The number of hydrogen-bond donors (Lipinski definition) is 3. The van der Waals surface area contributed by atoms with E-state index < -0.39 is 22.2 Å². The Bertz CT molecular complexity index is 762. The lowest BCUT2D eigenvalue weighted by Gasteiger charge is -2.44. The van der Waals surface area contributed by atoms with Crippen molar-refractivity contribution in [1.82, 2.24) is 4.72 Å². The number of hydrogen-bond acceptors (Lipinski definition) is 4. The van der Waals surface area contributed by atoms with E-state index in [0.717, 1.165) is 25.2 Å². The summed E-state index contributed by atoms with van der Waals surface area (Å²) >= 11 is 0. The molecule has 0 bridgehead atoms. The molecule has 0 aliphatic heterocycles. The van der Waals surface area contributed by atoms with E-state index in [4.69, 9.17) is 0 Å². The largest absolute Gasteiger partial charge is 0.393 e. The van der Waals surface area contributed by atoms with Crippen molar-refractivity contribution in [2.24, 2.45) is 23.2 Å². The zero-order valence-corrected chi connectivity index (χ0v) is 20.5. The number of allylic oxidation sites excluding steroid dienone is 3. The quantitative estimate of drug-likeness (QED) is 0.478. The summed E-state index contributed by atoms with van der Waals surface area (Å²) in [5.74, 6) is 2.04. The van der Waals surface area contributed by atoms with Crippen molar-refractivity contribution in [2.45, 2.75) is 96.7 Å². The molecule has 0 aromatic rings. The van der Waals surface area contributed by atoms with Gasteiger partial charge in [-0.3, -0.25) is 0 Å². The zero-order valence-electron chi connectivity index (χ0n) is 19.6. The number of sulfonamides is 1. The molecule has 5 nitrogen and oxygen atoms in total. The Hall–Kier alpha value is -0.690. The molecule has 0 unspecified atom stereocenters. The van der Waals surface area contributed by atoms with Gasteiger partial charge in [-0.1, -0.05) is 50.0 Å². The first-order valence-electron chi connectivity index (χ1n) is 12.3. The summed E-state index contributed by atoms with van der Waals surface area (Å²) in [4.78, 5) is 0. The summed E-state index contributed by atoms with van der Waals surface area (Å²) in [6.45, 7) is 5.44. The summed E-state index contributed by atoms with van der Waals surface area (Å²) in [5, 5.41) is 19.9. The van der Waals surface area contributed by atoms with Crippen LogP contribution >= 0.6 is 0 Å². The smallest absolute Gasteiger partial charge is 0.208 e. The summed E-state index contributed by atoms with van der Waals surface area (Å²) < 4.78 is 25.0. The second kappa shape index (κ2) is 10.5. The summed E-state index contributed by atoms with van der Waals surface area (Å²) in [5.41, 5.74) is 3.11. The van der Waals surface area contributed by atoms with Gasteiger partial charge >= 0.3 is 0 Å². The van der Waals surface area contributed by atoms with Crippen LogP contribution in [-0.2, 0) is 10.0 Å². The second-order valence-electron chi connectivity index (χ2n) is 10.8. The first-order valence-corrected chi connectivity index (χ1v) is 14.2. The van der Waals surface area contributed by atoms with Gasteiger partial charge < -0.3 is 10.2 Å². The van der Waals surface area contributed by atoms with Crippen LogP contribution in [0.3, 0.4) is 0 Å². The average Bonchev–Trinajstić information content (AvgIpc) is 3.02. The first-order chi connectivity index (χ1) is 14.6. The van der Waals surface area contributed by atoms with Crippen molar-refractivity contribution in [3.63, 3.8) is 0 Å². The Morgan fingerprint density at radius 2 is 1.87 bits per heavy atom. The van der Waals surface area contributed by atoms with Gasteiger partial charge in [-0.05, 0) is 81.0 Å². The molecular weight excluding hydrogens is 410 g/mol. The lowest BCUT2D eigenvalue weighted by molar-refractivity contribution is 0.0609. The van der Waals surface area contributed by atoms with E-state index in [2.05, 4.69) is 30.7 Å². The van der Waals surface area contributed by atoms with Crippen LogP contribution in [0.5, 0.6) is 0 Å². The van der Waals surface area contributed by atoms with E-state index in [1.165, 1.54) is 43.9 Å². The zero-order chi connectivity index (χ0) is 22.6. The van der Waals surface area contributed by atoms with E-state index in [-0.39, 0.29) is 0 Å². The fourth-order valence-corrected chi connectivity index (χ4v) is 7.31. The number of fused-ring (bicyclic) bond motifs is 1. The van der Waals surface area contributed by atoms with Crippen molar-refractivity contribution in [3.8, 4) is 0 Å². The van der Waals surface area contributed by atoms with Crippen LogP contribution in [0.25, 0.3) is 0 Å². The van der Waals surface area contributed by atoms with E-state index in [9.17, 15) is 18.6 Å². The molecule has 0 aromatic heterocycles. The van der Waals surface area contributed by atoms with Gasteiger partial charge in [0.2, 0.25) is 10.0 Å². The maximum absolute atomic E-state index is 11.2. The van der Waals surface area contributed by atoms with Crippen LogP contribution in [-0.4, -0.2) is 43.6 Å². The molecule has 0 amide bonds. The highest BCUT2D eigenvalue weighted by Gasteiger charge is 2.50. The van der Waals surface area contributed by atoms with Gasteiger partial charge in [0.1, 0.15) is 0 Å². The maximum Gasteiger partial charge on any atom is 0.208 e. The van der Waals surface area contributed by atoms with Crippen LogP contribution in [0.4, 0.5) is 0 Å². The summed E-state index contributed by atoms with van der Waals surface area (Å²) in [6.07, 6.45) is 16.2. The minimum Gasteiger partial charge on any atom is -0.393 e. The highest BCUT2D eigenvalue weighted by Crippen LogP contribution is 2.59. The highest BCUT2D eigenvalue weighted by atomic mass is 32.2. The number of aliphatic hydroxyl groups excluding tert-OH is 2. The molecule has 0 radical (unpaired) electrons. The minimum absolute atomic E-state index is 0.360. The predicted octanol–water partition coefficient (Wildman–Crippen LogP) is 4.32. The van der Waals surface area contributed by atoms with Crippen molar-refractivity contribution >= 4 is 10.0 Å². The molecule has 3 fully saturated rings. The second-order valence-corrected chi connectivity index (χ2v) is 12.6.